The Morgan fingerprint density at radius 1 is 1.07 bits per heavy atom. The molecule has 6 atom stereocenters. The zero-order valence-corrected chi connectivity index (χ0v) is 26.6. The largest absolute Gasteiger partial charge is 0.363 e. The smallest absolute Gasteiger partial charge is 0.340 e. The Bertz CT molecular complexity index is 1720. The summed E-state index contributed by atoms with van der Waals surface area (Å²) in [6, 6.07) is 10.3. The van der Waals surface area contributed by atoms with Gasteiger partial charge in [-0.2, -0.15) is 0 Å². The lowest BCUT2D eigenvalue weighted by Crippen LogP contribution is -2.61. The van der Waals surface area contributed by atoms with E-state index in [1.54, 1.807) is 11.0 Å². The second kappa shape index (κ2) is 11.6. The highest BCUT2D eigenvalue weighted by Crippen LogP contribution is 2.53. The van der Waals surface area contributed by atoms with Gasteiger partial charge in [0.25, 0.3) is 5.91 Å². The average Bonchev–Trinajstić information content (AvgIpc) is 3.59. The molecule has 3 N–H and O–H groups in total. The topological polar surface area (TPSA) is 140 Å². The standard InChI is InChI=1S/C32H36FN4O6PS/c1-17-3-2-4-24(34-17)22-15-36(16-22)32(40)26-9-8-23-12-18-5-6-19(18)13-25(31(39)37(23)26)35-30(38)28-14-21-11-20(7-10-27(21)45-28)29(33)44(41,42)43/h2-4,7,10-11,14,18-19,22-23,25-26,29H,5-6,8-9,12-13,15-16H2,1H3,(H,35,38)(H2,41,42,43)/t18-,19+,23+,25-,26-,29-/m0/s1. The summed E-state index contributed by atoms with van der Waals surface area (Å²) in [7, 11) is -4.97. The molecule has 3 saturated heterocycles. The number of nitrogens with one attached hydrogen (secondary N) is 1. The Morgan fingerprint density at radius 2 is 1.82 bits per heavy atom. The van der Waals surface area contributed by atoms with E-state index in [9.17, 15) is 33.1 Å². The van der Waals surface area contributed by atoms with E-state index in [0.717, 1.165) is 37.1 Å². The second-order valence-electron chi connectivity index (χ2n) is 13.1. The Morgan fingerprint density at radius 3 is 2.53 bits per heavy atom. The van der Waals surface area contributed by atoms with Crippen LogP contribution in [0.5, 0.6) is 0 Å². The minimum atomic E-state index is -4.97. The predicted octanol–water partition coefficient (Wildman–Crippen LogP) is 4.65. The molecule has 3 aliphatic heterocycles. The van der Waals surface area contributed by atoms with Gasteiger partial charge in [-0.05, 0) is 98.6 Å². The van der Waals surface area contributed by atoms with Crippen molar-refractivity contribution >= 4 is 46.7 Å². The molecule has 7 rings (SSSR count). The van der Waals surface area contributed by atoms with E-state index in [1.807, 2.05) is 30.0 Å². The quantitative estimate of drug-likeness (QED) is 0.329. The highest BCUT2D eigenvalue weighted by molar-refractivity contribution is 7.51. The molecule has 0 spiro atoms. The van der Waals surface area contributed by atoms with Crippen molar-refractivity contribution in [2.24, 2.45) is 11.8 Å². The monoisotopic (exact) mass is 654 g/mol. The fraction of sp³-hybridized carbons (Fsp3) is 0.500. The van der Waals surface area contributed by atoms with Gasteiger partial charge in [-0.1, -0.05) is 12.1 Å². The number of aryl methyl sites for hydroxylation is 1. The van der Waals surface area contributed by atoms with Gasteiger partial charge < -0.3 is 24.9 Å². The van der Waals surface area contributed by atoms with Gasteiger partial charge in [0.15, 0.2) is 0 Å². The summed E-state index contributed by atoms with van der Waals surface area (Å²) < 4.78 is 26.4. The van der Waals surface area contributed by atoms with Crippen LogP contribution < -0.4 is 5.32 Å². The Labute approximate surface area is 264 Å². The third kappa shape index (κ3) is 5.71. The number of amides is 3. The summed E-state index contributed by atoms with van der Waals surface area (Å²) in [5, 5.41) is 3.46. The van der Waals surface area contributed by atoms with Crippen molar-refractivity contribution in [1.29, 1.82) is 0 Å². The van der Waals surface area contributed by atoms with Crippen LogP contribution in [-0.2, 0) is 14.2 Å². The zero-order chi connectivity index (χ0) is 31.6. The van der Waals surface area contributed by atoms with Crippen LogP contribution in [0.3, 0.4) is 0 Å². The number of carbonyl (C=O) groups is 3. The normalized spacial score (nSPS) is 27.6. The highest BCUT2D eigenvalue weighted by atomic mass is 32.1. The van der Waals surface area contributed by atoms with Gasteiger partial charge in [0, 0.05) is 41.1 Å². The number of alkyl halides is 1. The van der Waals surface area contributed by atoms with E-state index in [4.69, 9.17) is 0 Å². The maximum Gasteiger partial charge on any atom is 0.363 e. The number of pyridine rings is 1. The van der Waals surface area contributed by atoms with Crippen molar-refractivity contribution in [1.82, 2.24) is 20.1 Å². The average molecular weight is 655 g/mol. The van der Waals surface area contributed by atoms with Gasteiger partial charge in [-0.25, -0.2) is 4.39 Å². The van der Waals surface area contributed by atoms with Crippen molar-refractivity contribution in [2.45, 2.75) is 75.4 Å². The van der Waals surface area contributed by atoms with E-state index >= 15 is 0 Å². The van der Waals surface area contributed by atoms with E-state index in [2.05, 4.69) is 10.3 Å². The van der Waals surface area contributed by atoms with Crippen molar-refractivity contribution in [3.8, 4) is 0 Å². The molecule has 3 amide bonds. The summed E-state index contributed by atoms with van der Waals surface area (Å²) in [5.41, 5.74) is 1.76. The molecule has 5 heterocycles. The maximum atomic E-state index is 14.3. The first kappa shape index (κ1) is 30.5. The minimum absolute atomic E-state index is 0.0279. The molecule has 4 fully saturated rings. The molecule has 45 heavy (non-hydrogen) atoms. The molecule has 1 aliphatic carbocycles. The molecule has 0 radical (unpaired) electrons. The van der Waals surface area contributed by atoms with Crippen molar-refractivity contribution in [3.05, 3.63) is 64.3 Å². The Kier molecular flexibility index (Phi) is 7.83. The third-order valence-electron chi connectivity index (χ3n) is 10.2. The van der Waals surface area contributed by atoms with Crippen molar-refractivity contribution in [2.75, 3.05) is 13.1 Å². The summed E-state index contributed by atoms with van der Waals surface area (Å²) >= 11 is 1.17. The van der Waals surface area contributed by atoms with E-state index < -0.39 is 31.5 Å². The second-order valence-corrected chi connectivity index (χ2v) is 15.8. The van der Waals surface area contributed by atoms with Crippen LogP contribution in [0.2, 0.25) is 0 Å². The molecule has 2 aromatic heterocycles. The fourth-order valence-electron chi connectivity index (χ4n) is 7.60. The number of carbonyl (C=O) groups excluding carboxylic acids is 3. The Hall–Kier alpha value is -3.18. The summed E-state index contributed by atoms with van der Waals surface area (Å²) in [4.78, 5) is 68.5. The number of thiophene rings is 1. The number of fused-ring (bicyclic) bond motifs is 3. The molecular formula is C32H36FN4O6PS. The van der Waals surface area contributed by atoms with Crippen LogP contribution in [0.4, 0.5) is 4.39 Å². The minimum Gasteiger partial charge on any atom is -0.340 e. The van der Waals surface area contributed by atoms with Crippen molar-refractivity contribution in [3.63, 3.8) is 0 Å². The molecule has 4 aliphatic rings. The Balaban J connectivity index is 1.08. The summed E-state index contributed by atoms with van der Waals surface area (Å²) in [5.74, 6) is -2.15. The molecular weight excluding hydrogens is 618 g/mol. The van der Waals surface area contributed by atoms with E-state index in [1.165, 1.54) is 29.5 Å². The first-order valence-corrected chi connectivity index (χ1v) is 18.0. The van der Waals surface area contributed by atoms with E-state index in [-0.39, 0.29) is 29.3 Å². The van der Waals surface area contributed by atoms with Gasteiger partial charge in [0.1, 0.15) is 12.1 Å². The molecule has 238 valence electrons. The summed E-state index contributed by atoms with van der Waals surface area (Å²) in [6.45, 7) is 3.11. The van der Waals surface area contributed by atoms with Crippen LogP contribution in [-0.4, -0.2) is 73.5 Å². The molecule has 10 nitrogen and oxygen atoms in total. The van der Waals surface area contributed by atoms with Gasteiger partial charge in [0.05, 0.1) is 4.88 Å². The molecule has 1 saturated carbocycles. The lowest BCUT2D eigenvalue weighted by atomic mass is 9.67. The van der Waals surface area contributed by atoms with Crippen LogP contribution in [0.1, 0.15) is 77.0 Å². The number of aromatic nitrogens is 1. The lowest BCUT2D eigenvalue weighted by molar-refractivity contribution is -0.151. The number of rotatable bonds is 6. The predicted molar refractivity (Wildman–Crippen MR) is 166 cm³/mol. The SMILES string of the molecule is Cc1cccc(C2CN(C(=O)[C@@H]3CC[C@@H]4C[C@@H]5CC[C@@H]5C[C@H](NC(=O)c5cc6cc([C@@H](F)P(=O)(O)O)ccc6s5)C(=O)N43)C2)n1. The van der Waals surface area contributed by atoms with Crippen LogP contribution in [0.25, 0.3) is 10.1 Å². The van der Waals surface area contributed by atoms with Gasteiger partial charge in [0.2, 0.25) is 17.7 Å². The third-order valence-corrected chi connectivity index (χ3v) is 12.2. The zero-order valence-electron chi connectivity index (χ0n) is 24.8. The van der Waals surface area contributed by atoms with Gasteiger partial charge in [-0.3, -0.25) is 23.9 Å². The molecule has 0 unspecified atom stereocenters. The number of hydrogen-bond acceptors (Lipinski definition) is 6. The van der Waals surface area contributed by atoms with Gasteiger partial charge >= 0.3 is 7.60 Å². The molecule has 13 heteroatoms. The highest BCUT2D eigenvalue weighted by Gasteiger charge is 2.50. The maximum absolute atomic E-state index is 14.3. The first-order chi connectivity index (χ1) is 21.5. The molecule has 3 aromatic rings. The van der Waals surface area contributed by atoms with Crippen LogP contribution in [0.15, 0.2) is 42.5 Å². The summed E-state index contributed by atoms with van der Waals surface area (Å²) in [6.07, 6.45) is 4.88. The van der Waals surface area contributed by atoms with Crippen LogP contribution >= 0.6 is 18.9 Å². The lowest BCUT2D eigenvalue weighted by Gasteiger charge is -2.47. The van der Waals surface area contributed by atoms with Gasteiger partial charge in [-0.15, -0.1) is 11.3 Å². The number of halogens is 1. The number of likely N-dealkylation sites (tertiary alicyclic amines) is 1. The first-order valence-electron chi connectivity index (χ1n) is 15.5. The number of nitrogens with zero attached hydrogens (tertiary/aromatic N) is 3. The fourth-order valence-corrected chi connectivity index (χ4v) is 9.09. The molecule has 1 aromatic carbocycles. The molecule has 0 bridgehead atoms. The van der Waals surface area contributed by atoms with Crippen molar-refractivity contribution < 1.29 is 33.1 Å². The van der Waals surface area contributed by atoms with Crippen LogP contribution in [0, 0.1) is 18.8 Å². The number of hydrogen-bond donors (Lipinski definition) is 3. The van der Waals surface area contributed by atoms with E-state index in [0.29, 0.717) is 52.7 Å². The number of benzene rings is 1.